The van der Waals surface area contributed by atoms with Crippen LogP contribution >= 0.6 is 0 Å². The van der Waals surface area contributed by atoms with Gasteiger partial charge in [-0.15, -0.1) is 4.39 Å². The van der Waals surface area contributed by atoms with Crippen LogP contribution < -0.4 is 16.0 Å². The first kappa shape index (κ1) is 24.2. The number of fused-ring (bicyclic) bond motifs is 1. The van der Waals surface area contributed by atoms with Gasteiger partial charge in [0.05, 0.1) is 0 Å². The fraction of sp³-hybridized carbons (Fsp3) is 0.312. The average Bonchev–Trinajstić information content (AvgIpc) is 3.14. The number of nitrogen functional groups attached to an aromatic ring is 1. The zero-order valence-corrected chi connectivity index (χ0v) is 16.5. The predicted octanol–water partition coefficient (Wildman–Crippen LogP) is 0.412. The Hall–Kier alpha value is -3.97. The van der Waals surface area contributed by atoms with Crippen LogP contribution in [0.15, 0.2) is 35.1 Å². The molecule has 35 heavy (non-hydrogen) atoms. The van der Waals surface area contributed by atoms with Crippen LogP contribution in [0, 0.1) is 16.2 Å². The van der Waals surface area contributed by atoms with Gasteiger partial charge in [0, 0.05) is 0 Å². The summed E-state index contributed by atoms with van der Waals surface area (Å²) in [6.45, 7) is 0. The molecule has 3 aromatic rings. The van der Waals surface area contributed by atoms with E-state index in [0.717, 1.165) is 24.3 Å². The van der Waals surface area contributed by atoms with Crippen LogP contribution in [0.4, 0.5) is 32.3 Å². The van der Waals surface area contributed by atoms with Gasteiger partial charge in [-0.05, 0) is 12.1 Å². The summed E-state index contributed by atoms with van der Waals surface area (Å²) in [7, 11) is 0. The van der Waals surface area contributed by atoms with Gasteiger partial charge in [-0.25, -0.2) is 4.57 Å². The van der Waals surface area contributed by atoms with E-state index >= 15 is 22.0 Å². The number of rotatable bonds is 5. The van der Waals surface area contributed by atoms with Gasteiger partial charge in [-0.2, -0.15) is 31.9 Å². The van der Waals surface area contributed by atoms with Crippen molar-refractivity contribution in [1.29, 1.82) is 0 Å². The summed E-state index contributed by atoms with van der Waals surface area (Å²) < 4.78 is 98.2. The highest BCUT2D eigenvalue weighted by atomic mass is 19.2. The number of nitrogens with two attached hydrogens (primary N) is 1. The van der Waals surface area contributed by atoms with E-state index < -0.39 is 73.5 Å². The second-order valence-corrected chi connectivity index (χ2v) is 7.08. The number of aliphatic hydroxyl groups is 2. The Morgan fingerprint density at radius 1 is 1.17 bits per heavy atom. The molecule has 0 amide bonds. The number of nitro groups is 1. The van der Waals surface area contributed by atoms with E-state index in [1.807, 2.05) is 0 Å². The third-order valence-electron chi connectivity index (χ3n) is 4.96. The van der Waals surface area contributed by atoms with E-state index in [4.69, 9.17) is 5.73 Å². The smallest absolute Gasteiger partial charge is 0.397 e. The summed E-state index contributed by atoms with van der Waals surface area (Å²) in [5, 5.41) is 31.0. The third kappa shape index (κ3) is 2.85. The van der Waals surface area contributed by atoms with Gasteiger partial charge in [0.25, 0.3) is 11.6 Å². The Labute approximate surface area is 186 Å². The van der Waals surface area contributed by atoms with Crippen molar-refractivity contribution in [3.05, 3.63) is 56.9 Å². The van der Waals surface area contributed by atoms with Gasteiger partial charge in [0.1, 0.15) is 10.7 Å². The molecule has 0 saturated carbocycles. The maximum Gasteiger partial charge on any atom is 0.586 e. The Morgan fingerprint density at radius 2 is 1.77 bits per heavy atom. The second-order valence-electron chi connectivity index (χ2n) is 7.08. The first-order chi connectivity index (χ1) is 16.0. The molecule has 19 heteroatoms. The fourth-order valence-corrected chi connectivity index (χ4v) is 3.28. The standard InChI is InChI=1S/C16H10F6N6O7/c17-10-24-7-8(25-11(23)26-9(7)29)27(10)15(21)13(19,31)12(18,30)14(20,35-15)16(22,28(32)33)34-6-4-2-1-3-5-6/h1-5,30-31H,(H3,23,25,26,29)/t12-,13+,14-,15-,16?/m0/s1. The maximum absolute atomic E-state index is 15.8. The minimum absolute atomic E-state index is 0.750. The summed E-state index contributed by atoms with van der Waals surface area (Å²) >= 11 is 0. The Bertz CT molecular complexity index is 1400. The summed E-state index contributed by atoms with van der Waals surface area (Å²) in [4.78, 5) is 28.6. The average molecular weight is 512 g/mol. The number of aromatic amines is 1. The van der Waals surface area contributed by atoms with Gasteiger partial charge in [-0.1, -0.05) is 18.2 Å². The minimum Gasteiger partial charge on any atom is -0.397 e. The van der Waals surface area contributed by atoms with E-state index in [9.17, 15) is 29.5 Å². The molecule has 5 atom stereocenters. The molecule has 188 valence electrons. The molecule has 4 rings (SSSR count). The molecule has 0 radical (unpaired) electrons. The van der Waals surface area contributed by atoms with Crippen molar-refractivity contribution in [2.75, 3.05) is 5.73 Å². The third-order valence-corrected chi connectivity index (χ3v) is 4.96. The van der Waals surface area contributed by atoms with Gasteiger partial charge in [-0.3, -0.25) is 24.6 Å². The number of H-pyrrole nitrogens is 1. The van der Waals surface area contributed by atoms with Crippen LogP contribution in [0.5, 0.6) is 5.75 Å². The maximum atomic E-state index is 15.8. The summed E-state index contributed by atoms with van der Waals surface area (Å²) in [6.07, 6.45) is -2.38. The Balaban J connectivity index is 1.99. The molecule has 1 unspecified atom stereocenters. The van der Waals surface area contributed by atoms with Crippen LogP contribution in [0.3, 0.4) is 0 Å². The summed E-state index contributed by atoms with van der Waals surface area (Å²) in [5.41, 5.74) is 1.11. The van der Waals surface area contributed by atoms with E-state index in [1.165, 1.54) is 6.07 Å². The van der Waals surface area contributed by atoms with Crippen LogP contribution in [-0.4, -0.2) is 58.2 Å². The van der Waals surface area contributed by atoms with E-state index in [0.29, 0.717) is 0 Å². The van der Waals surface area contributed by atoms with Crippen molar-refractivity contribution in [3.8, 4) is 5.75 Å². The predicted molar refractivity (Wildman–Crippen MR) is 96.5 cm³/mol. The highest BCUT2D eigenvalue weighted by Gasteiger charge is 2.97. The van der Waals surface area contributed by atoms with Gasteiger partial charge in [0.2, 0.25) is 5.95 Å². The molecule has 5 N–H and O–H groups in total. The van der Waals surface area contributed by atoms with Gasteiger partial charge in [0.15, 0.2) is 11.2 Å². The van der Waals surface area contributed by atoms with Crippen molar-refractivity contribution >= 4 is 17.1 Å². The number of halogens is 6. The Kier molecular flexibility index (Phi) is 4.85. The molecule has 0 spiro atoms. The topological polar surface area (TPSA) is 192 Å². The van der Waals surface area contributed by atoms with Crippen LogP contribution in [0.25, 0.3) is 11.2 Å². The van der Waals surface area contributed by atoms with E-state index in [-0.39, 0.29) is 0 Å². The van der Waals surface area contributed by atoms with E-state index in [1.54, 1.807) is 4.98 Å². The number of hydrogen-bond donors (Lipinski definition) is 4. The highest BCUT2D eigenvalue weighted by molar-refractivity contribution is 5.71. The number of alkyl halides is 5. The van der Waals surface area contributed by atoms with Crippen LogP contribution in [0.1, 0.15) is 0 Å². The van der Waals surface area contributed by atoms with Crippen molar-refractivity contribution in [1.82, 2.24) is 19.5 Å². The number of nitrogens with zero attached hydrogens (tertiary/aromatic N) is 4. The van der Waals surface area contributed by atoms with Crippen LogP contribution in [0.2, 0.25) is 0 Å². The normalized spacial score (nSPS) is 32.5. The van der Waals surface area contributed by atoms with Crippen molar-refractivity contribution in [3.63, 3.8) is 0 Å². The van der Waals surface area contributed by atoms with E-state index in [2.05, 4.69) is 19.4 Å². The monoisotopic (exact) mass is 512 g/mol. The van der Waals surface area contributed by atoms with Gasteiger partial charge < -0.3 is 20.7 Å². The zero-order chi connectivity index (χ0) is 26.2. The number of imidazole rings is 1. The molecular weight excluding hydrogens is 502 g/mol. The van der Waals surface area contributed by atoms with Crippen LogP contribution in [-0.2, 0) is 10.7 Å². The van der Waals surface area contributed by atoms with Crippen molar-refractivity contribution < 1.29 is 51.0 Å². The first-order valence-electron chi connectivity index (χ1n) is 8.96. The molecule has 0 aliphatic carbocycles. The highest BCUT2D eigenvalue weighted by Crippen LogP contribution is 2.62. The quantitative estimate of drug-likeness (QED) is 0.0930. The number of anilines is 1. The molecule has 1 fully saturated rings. The fourth-order valence-electron chi connectivity index (χ4n) is 3.28. The molecule has 1 aromatic carbocycles. The zero-order valence-electron chi connectivity index (χ0n) is 16.5. The van der Waals surface area contributed by atoms with Crippen molar-refractivity contribution in [2.45, 2.75) is 29.5 Å². The van der Waals surface area contributed by atoms with Gasteiger partial charge >= 0.3 is 29.5 Å². The van der Waals surface area contributed by atoms with Crippen molar-refractivity contribution in [2.24, 2.45) is 0 Å². The minimum atomic E-state index is -6.04. The molecule has 0 bridgehead atoms. The number of hydrogen-bond acceptors (Lipinski definition) is 10. The number of para-hydroxylation sites is 1. The molecule has 1 saturated heterocycles. The second kappa shape index (κ2) is 7.02. The molecule has 2 aromatic heterocycles. The lowest BCUT2D eigenvalue weighted by molar-refractivity contribution is -0.702. The summed E-state index contributed by atoms with van der Waals surface area (Å²) in [5.74, 6) is -30.7. The SMILES string of the molecule is Nc1nc2c(nc(F)n2[C@]2(F)O[C@](F)(C(F)(Oc3ccccc3)[N+](=O)[O-])[C@](O)(F)[C@]2(O)F)c(=O)[nH]1. The number of aromatic nitrogens is 4. The Morgan fingerprint density at radius 3 is 2.34 bits per heavy atom. The molecule has 1 aliphatic rings. The number of benzene rings is 1. The lowest BCUT2D eigenvalue weighted by atomic mass is 10.00. The summed E-state index contributed by atoms with van der Waals surface area (Å²) in [6, 6.07) is 4.88. The first-order valence-corrected chi connectivity index (χ1v) is 8.96. The largest absolute Gasteiger partial charge is 0.586 e. The number of nitrogens with one attached hydrogen (secondary N) is 1. The lowest BCUT2D eigenvalue weighted by Gasteiger charge is -2.32. The molecular formula is C16H10F6N6O7. The molecule has 1 aliphatic heterocycles. The molecule has 3 heterocycles. The number of ether oxygens (including phenoxy) is 2. The molecule has 13 nitrogen and oxygen atoms in total. The lowest BCUT2D eigenvalue weighted by Crippen LogP contribution is -2.69.